The number of sulfonamides is 1. The minimum atomic E-state index is -3.90. The first-order chi connectivity index (χ1) is 23.1. The number of pyridine rings is 1. The Hall–Kier alpha value is -4.29. The van der Waals surface area contributed by atoms with Crippen molar-refractivity contribution in [3.8, 4) is 17.4 Å². The van der Waals surface area contributed by atoms with Crippen LogP contribution in [0.4, 0.5) is 5.69 Å². The number of nitrogens with one attached hydrogen (secondary N) is 1. The summed E-state index contributed by atoms with van der Waals surface area (Å²) in [6.07, 6.45) is 2.34. The Bertz CT molecular complexity index is 2030. The van der Waals surface area contributed by atoms with E-state index < -0.39 is 10.0 Å². The van der Waals surface area contributed by atoms with Crippen LogP contribution >= 0.6 is 23.2 Å². The predicted molar refractivity (Wildman–Crippen MR) is 188 cm³/mol. The number of ether oxygens (including phenoxy) is 2. The molecule has 2 aromatic heterocycles. The van der Waals surface area contributed by atoms with Crippen LogP contribution in [0.1, 0.15) is 29.4 Å². The highest BCUT2D eigenvalue weighted by Crippen LogP contribution is 2.29. The molecule has 0 spiro atoms. The second-order valence-electron chi connectivity index (χ2n) is 11.5. The fraction of sp³-hybridized carbons (Fsp3) is 0.257. The Morgan fingerprint density at radius 1 is 0.896 bits per heavy atom. The van der Waals surface area contributed by atoms with Crippen LogP contribution in [-0.4, -0.2) is 66.5 Å². The van der Waals surface area contributed by atoms with Crippen LogP contribution in [0.5, 0.6) is 17.4 Å². The molecule has 0 bridgehead atoms. The summed E-state index contributed by atoms with van der Waals surface area (Å²) in [5.41, 5.74) is 2.92. The SMILES string of the molecule is CCCOc1ccc(CN2CCN(C(=O)c3cc4ccc(Oc5ccc(NS(=O)(=O)c6ccc(Cl)c(Cl)c6)cn5)cc4n3C)CC2)cc1. The van der Waals surface area contributed by atoms with Crippen LogP contribution in [-0.2, 0) is 23.6 Å². The minimum Gasteiger partial charge on any atom is -0.494 e. The lowest BCUT2D eigenvalue weighted by molar-refractivity contribution is 0.0619. The maximum absolute atomic E-state index is 13.6. The molecule has 0 radical (unpaired) electrons. The fourth-order valence-corrected chi connectivity index (χ4v) is 6.93. The minimum absolute atomic E-state index is 0.00572. The van der Waals surface area contributed by atoms with E-state index in [1.807, 2.05) is 46.8 Å². The van der Waals surface area contributed by atoms with Crippen molar-refractivity contribution in [1.29, 1.82) is 0 Å². The lowest BCUT2D eigenvalue weighted by Gasteiger charge is -2.34. The van der Waals surface area contributed by atoms with Gasteiger partial charge < -0.3 is 18.9 Å². The second-order valence-corrected chi connectivity index (χ2v) is 14.0. The van der Waals surface area contributed by atoms with Crippen molar-refractivity contribution in [2.45, 2.75) is 24.8 Å². The molecule has 48 heavy (non-hydrogen) atoms. The van der Waals surface area contributed by atoms with Gasteiger partial charge in [0.25, 0.3) is 15.9 Å². The zero-order chi connectivity index (χ0) is 33.8. The number of aromatic nitrogens is 2. The molecule has 1 amide bonds. The van der Waals surface area contributed by atoms with Crippen LogP contribution in [0.25, 0.3) is 10.9 Å². The van der Waals surface area contributed by atoms with E-state index in [4.69, 9.17) is 32.7 Å². The molecule has 1 N–H and O–H groups in total. The number of halogens is 2. The van der Waals surface area contributed by atoms with Crippen molar-refractivity contribution in [3.63, 3.8) is 0 Å². The number of hydrogen-bond donors (Lipinski definition) is 1. The molecule has 250 valence electrons. The topological polar surface area (TPSA) is 106 Å². The molecular weight excluding hydrogens is 673 g/mol. The standard InChI is InChI=1S/C35H35Cl2N5O5S/c1-3-18-46-27-8-4-24(5-9-27)23-41-14-16-42(17-15-41)35(43)33-19-25-6-10-28(20-32(25)40(33)2)47-34-13-7-26(22-38-34)39-48(44,45)29-11-12-30(36)31(37)21-29/h4-13,19-22,39H,3,14-18,23H2,1-2H3. The highest BCUT2D eigenvalue weighted by atomic mass is 35.5. The van der Waals surface area contributed by atoms with E-state index in [-0.39, 0.29) is 32.4 Å². The molecule has 13 heteroatoms. The van der Waals surface area contributed by atoms with Crippen molar-refractivity contribution < 1.29 is 22.7 Å². The Kier molecular flexibility index (Phi) is 10.1. The number of amides is 1. The quantitative estimate of drug-likeness (QED) is 0.155. The number of benzene rings is 3. The zero-order valence-corrected chi connectivity index (χ0v) is 28.9. The molecule has 5 aromatic rings. The van der Waals surface area contributed by atoms with E-state index in [9.17, 15) is 13.2 Å². The molecule has 6 rings (SSSR count). The normalized spacial score (nSPS) is 13.9. The number of fused-ring (bicyclic) bond motifs is 1. The third kappa shape index (κ3) is 7.71. The number of anilines is 1. The molecule has 1 fully saturated rings. The van der Waals surface area contributed by atoms with Crippen LogP contribution in [0.3, 0.4) is 0 Å². The summed E-state index contributed by atoms with van der Waals surface area (Å²) in [5, 5.41) is 1.31. The highest BCUT2D eigenvalue weighted by molar-refractivity contribution is 7.92. The van der Waals surface area contributed by atoms with Gasteiger partial charge in [-0.15, -0.1) is 0 Å². The van der Waals surface area contributed by atoms with Crippen molar-refractivity contribution >= 4 is 55.7 Å². The first-order valence-electron chi connectivity index (χ1n) is 15.5. The zero-order valence-electron chi connectivity index (χ0n) is 26.5. The average molecular weight is 709 g/mol. The van der Waals surface area contributed by atoms with E-state index in [1.165, 1.54) is 30.0 Å². The van der Waals surface area contributed by atoms with Gasteiger partial charge in [-0.25, -0.2) is 13.4 Å². The van der Waals surface area contributed by atoms with Gasteiger partial charge in [-0.3, -0.25) is 14.4 Å². The maximum Gasteiger partial charge on any atom is 0.270 e. The van der Waals surface area contributed by atoms with E-state index >= 15 is 0 Å². The number of aryl methyl sites for hydroxylation is 1. The summed E-state index contributed by atoms with van der Waals surface area (Å²) < 4.78 is 41.5. The Labute approximate surface area is 289 Å². The Morgan fingerprint density at radius 2 is 1.65 bits per heavy atom. The van der Waals surface area contributed by atoms with E-state index in [0.29, 0.717) is 31.1 Å². The molecule has 0 saturated carbocycles. The molecule has 3 heterocycles. The van der Waals surface area contributed by atoms with E-state index in [0.717, 1.165) is 42.7 Å². The van der Waals surface area contributed by atoms with E-state index in [1.54, 1.807) is 18.2 Å². The van der Waals surface area contributed by atoms with Crippen LogP contribution in [0.2, 0.25) is 10.0 Å². The number of rotatable bonds is 11. The molecule has 3 aromatic carbocycles. The summed E-state index contributed by atoms with van der Waals surface area (Å²) in [5.74, 6) is 1.68. The molecule has 0 atom stereocenters. The van der Waals surface area contributed by atoms with Gasteiger partial charge in [-0.2, -0.15) is 0 Å². The van der Waals surface area contributed by atoms with Gasteiger partial charge >= 0.3 is 0 Å². The van der Waals surface area contributed by atoms with Crippen molar-refractivity contribution in [2.75, 3.05) is 37.5 Å². The lowest BCUT2D eigenvalue weighted by atomic mass is 10.2. The molecule has 0 unspecified atom stereocenters. The maximum atomic E-state index is 13.6. The second kappa shape index (κ2) is 14.4. The van der Waals surface area contributed by atoms with Crippen LogP contribution < -0.4 is 14.2 Å². The largest absolute Gasteiger partial charge is 0.494 e. The summed E-state index contributed by atoms with van der Waals surface area (Å²) in [6.45, 7) is 6.53. The number of hydrogen-bond acceptors (Lipinski definition) is 7. The predicted octanol–water partition coefficient (Wildman–Crippen LogP) is 7.22. The van der Waals surface area contributed by atoms with Crippen molar-refractivity contribution in [1.82, 2.24) is 19.4 Å². The molecule has 1 saturated heterocycles. The molecule has 0 aliphatic carbocycles. The van der Waals surface area contributed by atoms with Gasteiger partial charge in [-0.1, -0.05) is 42.3 Å². The fourth-order valence-electron chi connectivity index (χ4n) is 5.50. The van der Waals surface area contributed by atoms with Gasteiger partial charge in [-0.05, 0) is 66.6 Å². The number of piperazine rings is 1. The first-order valence-corrected chi connectivity index (χ1v) is 17.8. The highest BCUT2D eigenvalue weighted by Gasteiger charge is 2.25. The molecule has 1 aliphatic heterocycles. The van der Waals surface area contributed by atoms with Gasteiger partial charge in [0.05, 0.1) is 38.9 Å². The summed E-state index contributed by atoms with van der Waals surface area (Å²) in [4.78, 5) is 22.1. The monoisotopic (exact) mass is 707 g/mol. The van der Waals surface area contributed by atoms with Gasteiger partial charge in [0.1, 0.15) is 17.2 Å². The third-order valence-electron chi connectivity index (χ3n) is 8.11. The molecule has 1 aliphatic rings. The first kappa shape index (κ1) is 33.6. The smallest absolute Gasteiger partial charge is 0.270 e. The Balaban J connectivity index is 1.06. The summed E-state index contributed by atoms with van der Waals surface area (Å²) in [6, 6.07) is 22.9. The molecule has 10 nitrogen and oxygen atoms in total. The summed E-state index contributed by atoms with van der Waals surface area (Å²) >= 11 is 11.9. The van der Waals surface area contributed by atoms with Gasteiger partial charge in [0, 0.05) is 57.3 Å². The van der Waals surface area contributed by atoms with E-state index in [2.05, 4.69) is 33.7 Å². The summed E-state index contributed by atoms with van der Waals surface area (Å²) in [7, 11) is -2.03. The van der Waals surface area contributed by atoms with Crippen molar-refractivity contribution in [2.24, 2.45) is 7.05 Å². The number of carbonyl (C=O) groups is 1. The molecular formula is C35H35Cl2N5O5S. The lowest BCUT2D eigenvalue weighted by Crippen LogP contribution is -2.48. The van der Waals surface area contributed by atoms with Gasteiger partial charge in [0.15, 0.2) is 0 Å². The average Bonchev–Trinajstić information content (AvgIpc) is 3.41. The Morgan fingerprint density at radius 3 is 2.33 bits per heavy atom. The van der Waals surface area contributed by atoms with Crippen molar-refractivity contribution in [3.05, 3.63) is 106 Å². The number of carbonyl (C=O) groups excluding carboxylic acids is 1. The number of nitrogens with zero attached hydrogens (tertiary/aromatic N) is 4. The van der Waals surface area contributed by atoms with Crippen LogP contribution in [0, 0.1) is 0 Å². The third-order valence-corrected chi connectivity index (χ3v) is 10.2. The van der Waals surface area contributed by atoms with Crippen LogP contribution in [0.15, 0.2) is 90.0 Å². The van der Waals surface area contributed by atoms with Gasteiger partial charge in [0.2, 0.25) is 5.88 Å².